The van der Waals surface area contributed by atoms with Crippen molar-refractivity contribution in [1.82, 2.24) is 5.32 Å². The number of ether oxygens (including phenoxy) is 1. The molecule has 1 saturated carbocycles. The Bertz CT molecular complexity index is 434. The number of rotatable bonds is 8. The van der Waals surface area contributed by atoms with Gasteiger partial charge in [-0.1, -0.05) is 0 Å². The lowest BCUT2D eigenvalue weighted by atomic mass is 9.89. The highest BCUT2D eigenvalue weighted by molar-refractivity contribution is 7.91. The molecule has 2 rings (SSSR count). The van der Waals surface area contributed by atoms with E-state index in [1.165, 1.54) is 0 Å². The van der Waals surface area contributed by atoms with Gasteiger partial charge in [0, 0.05) is 12.6 Å². The highest BCUT2D eigenvalue weighted by Crippen LogP contribution is 2.29. The summed E-state index contributed by atoms with van der Waals surface area (Å²) in [4.78, 5) is 0. The van der Waals surface area contributed by atoms with Crippen molar-refractivity contribution in [3.8, 4) is 0 Å². The molecular weight excluding hydrogens is 307 g/mol. The number of hydrogen-bond donors (Lipinski definition) is 1. The van der Waals surface area contributed by atoms with Crippen molar-refractivity contribution in [3.63, 3.8) is 0 Å². The first-order valence-corrected chi connectivity index (χ1v) is 9.15. The zero-order valence-electron chi connectivity index (χ0n) is 11.9. The van der Waals surface area contributed by atoms with E-state index in [1.807, 2.05) is 0 Å². The van der Waals surface area contributed by atoms with Crippen LogP contribution in [-0.2, 0) is 14.6 Å². The van der Waals surface area contributed by atoms with Crippen molar-refractivity contribution < 1.29 is 26.3 Å². The molecule has 0 spiro atoms. The smallest absolute Gasteiger partial charge is 0.372 e. The van der Waals surface area contributed by atoms with Gasteiger partial charge in [0.25, 0.3) is 0 Å². The fourth-order valence-corrected chi connectivity index (χ4v) is 4.65. The fourth-order valence-electron chi connectivity index (χ4n) is 2.73. The zero-order valence-corrected chi connectivity index (χ0v) is 12.7. The van der Waals surface area contributed by atoms with E-state index >= 15 is 0 Å². The molecule has 8 heteroatoms. The lowest BCUT2D eigenvalue weighted by Crippen LogP contribution is -2.31. The first-order chi connectivity index (χ1) is 9.75. The summed E-state index contributed by atoms with van der Waals surface area (Å²) in [6.45, 7) is -0.550. The second kappa shape index (κ2) is 6.83. The molecule has 1 heterocycles. The maximum absolute atomic E-state index is 12.0. The van der Waals surface area contributed by atoms with E-state index in [0.717, 1.165) is 12.8 Å². The van der Waals surface area contributed by atoms with Crippen molar-refractivity contribution >= 4 is 9.84 Å². The maximum Gasteiger partial charge on any atom is 0.411 e. The number of halogens is 3. The molecule has 1 aliphatic carbocycles. The first kappa shape index (κ1) is 17.0. The highest BCUT2D eigenvalue weighted by atomic mass is 32.2. The van der Waals surface area contributed by atoms with Gasteiger partial charge in [0.2, 0.25) is 0 Å². The quantitative estimate of drug-likeness (QED) is 0.690. The predicted octanol–water partition coefficient (Wildman–Crippen LogP) is 1.76. The fraction of sp³-hybridized carbons (Fsp3) is 1.00. The van der Waals surface area contributed by atoms with Gasteiger partial charge in [0.1, 0.15) is 6.61 Å². The third kappa shape index (κ3) is 6.52. The van der Waals surface area contributed by atoms with Gasteiger partial charge in [0.15, 0.2) is 9.84 Å². The van der Waals surface area contributed by atoms with Crippen LogP contribution >= 0.6 is 0 Å². The average molecular weight is 329 g/mol. The first-order valence-electron chi connectivity index (χ1n) is 7.33. The van der Waals surface area contributed by atoms with E-state index in [2.05, 4.69) is 10.1 Å². The molecule has 2 unspecified atom stereocenters. The molecule has 1 saturated heterocycles. The van der Waals surface area contributed by atoms with Gasteiger partial charge in [-0.15, -0.1) is 0 Å². The van der Waals surface area contributed by atoms with Crippen LogP contribution in [0, 0.1) is 11.8 Å². The van der Waals surface area contributed by atoms with E-state index in [-0.39, 0.29) is 29.9 Å². The molecule has 1 aliphatic heterocycles. The molecule has 0 bridgehead atoms. The maximum atomic E-state index is 12.0. The highest BCUT2D eigenvalue weighted by Gasteiger charge is 2.34. The van der Waals surface area contributed by atoms with E-state index < -0.39 is 22.6 Å². The summed E-state index contributed by atoms with van der Waals surface area (Å²) < 4.78 is 63.9. The van der Waals surface area contributed by atoms with Crippen molar-refractivity contribution in [2.75, 3.05) is 31.3 Å². The summed E-state index contributed by atoms with van der Waals surface area (Å²) in [6.07, 6.45) is -0.979. The summed E-state index contributed by atoms with van der Waals surface area (Å²) in [6, 6.07) is 0.501. The second-order valence-electron chi connectivity index (χ2n) is 6.06. The number of sulfone groups is 1. The molecule has 124 valence electrons. The molecular formula is C13H22F3NO3S. The Morgan fingerprint density at radius 2 is 1.95 bits per heavy atom. The molecule has 1 N–H and O–H groups in total. The topological polar surface area (TPSA) is 55.4 Å². The molecule has 0 aromatic heterocycles. The minimum absolute atomic E-state index is 0.0209. The van der Waals surface area contributed by atoms with Crippen LogP contribution in [0.3, 0.4) is 0 Å². The van der Waals surface area contributed by atoms with Crippen LogP contribution in [0.25, 0.3) is 0 Å². The van der Waals surface area contributed by atoms with Crippen molar-refractivity contribution in [3.05, 3.63) is 0 Å². The number of nitrogens with one attached hydrogen (secondary N) is 1. The Labute approximate surface area is 123 Å². The van der Waals surface area contributed by atoms with Gasteiger partial charge < -0.3 is 10.1 Å². The van der Waals surface area contributed by atoms with Gasteiger partial charge >= 0.3 is 6.18 Å². The molecule has 0 radical (unpaired) electrons. The molecule has 2 aliphatic rings. The Morgan fingerprint density at radius 3 is 2.48 bits per heavy atom. The van der Waals surface area contributed by atoms with E-state index in [0.29, 0.717) is 25.4 Å². The summed E-state index contributed by atoms with van der Waals surface area (Å²) in [5.41, 5.74) is 0. The van der Waals surface area contributed by atoms with E-state index in [1.54, 1.807) is 0 Å². The van der Waals surface area contributed by atoms with Gasteiger partial charge in [-0.3, -0.25) is 0 Å². The SMILES string of the molecule is O=S1(=O)CCC(C(CCOCC(F)(F)F)CNC2CC2)C1. The minimum atomic E-state index is -4.31. The van der Waals surface area contributed by atoms with Crippen LogP contribution in [0.2, 0.25) is 0 Å². The molecule has 21 heavy (non-hydrogen) atoms. The Balaban J connectivity index is 1.77. The minimum Gasteiger partial charge on any atom is -0.372 e. The van der Waals surface area contributed by atoms with Crippen LogP contribution in [0.1, 0.15) is 25.7 Å². The van der Waals surface area contributed by atoms with Crippen LogP contribution in [-0.4, -0.2) is 51.9 Å². The zero-order chi connectivity index (χ0) is 15.5. The van der Waals surface area contributed by atoms with Crippen molar-refractivity contribution in [2.45, 2.75) is 37.9 Å². The summed E-state index contributed by atoms with van der Waals surface area (Å²) in [5, 5.41) is 3.35. The van der Waals surface area contributed by atoms with Crippen LogP contribution in [0.4, 0.5) is 13.2 Å². The van der Waals surface area contributed by atoms with Crippen LogP contribution < -0.4 is 5.32 Å². The van der Waals surface area contributed by atoms with Crippen LogP contribution in [0.5, 0.6) is 0 Å². The van der Waals surface area contributed by atoms with E-state index in [9.17, 15) is 21.6 Å². The second-order valence-corrected chi connectivity index (χ2v) is 8.29. The third-order valence-electron chi connectivity index (χ3n) is 4.08. The Hall–Kier alpha value is -0.340. The normalized spacial score (nSPS) is 26.9. The lowest BCUT2D eigenvalue weighted by molar-refractivity contribution is -0.174. The Kier molecular flexibility index (Phi) is 5.54. The van der Waals surface area contributed by atoms with Crippen molar-refractivity contribution in [2.24, 2.45) is 11.8 Å². The van der Waals surface area contributed by atoms with Gasteiger partial charge in [0.05, 0.1) is 11.5 Å². The van der Waals surface area contributed by atoms with Gasteiger partial charge in [-0.25, -0.2) is 8.42 Å². The molecule has 2 fully saturated rings. The number of hydrogen-bond acceptors (Lipinski definition) is 4. The van der Waals surface area contributed by atoms with Gasteiger partial charge in [-0.2, -0.15) is 13.2 Å². The lowest BCUT2D eigenvalue weighted by Gasteiger charge is -2.23. The monoisotopic (exact) mass is 329 g/mol. The molecule has 4 nitrogen and oxygen atoms in total. The largest absolute Gasteiger partial charge is 0.411 e. The average Bonchev–Trinajstić information content (AvgIpc) is 3.10. The van der Waals surface area contributed by atoms with Crippen LogP contribution in [0.15, 0.2) is 0 Å². The predicted molar refractivity (Wildman–Crippen MR) is 72.8 cm³/mol. The molecule has 0 aromatic rings. The third-order valence-corrected chi connectivity index (χ3v) is 5.87. The number of alkyl halides is 3. The molecule has 0 aromatic carbocycles. The summed E-state index contributed by atoms with van der Waals surface area (Å²) in [5.74, 6) is 0.455. The standard InChI is InChI=1S/C13H22F3NO3S/c14-13(15,16)9-20-5-3-10(7-17-12-1-2-12)11-4-6-21(18,19)8-11/h10-12,17H,1-9H2. The molecule has 2 atom stereocenters. The Morgan fingerprint density at radius 1 is 1.24 bits per heavy atom. The van der Waals surface area contributed by atoms with Gasteiger partial charge in [-0.05, 0) is 44.1 Å². The van der Waals surface area contributed by atoms with Crippen molar-refractivity contribution in [1.29, 1.82) is 0 Å². The summed E-state index contributed by atoms with van der Waals surface area (Å²) in [7, 11) is -2.97. The molecule has 0 amide bonds. The van der Waals surface area contributed by atoms with E-state index in [4.69, 9.17) is 0 Å². The summed E-state index contributed by atoms with van der Waals surface area (Å²) >= 11 is 0.